The summed E-state index contributed by atoms with van der Waals surface area (Å²) in [7, 11) is 0. The zero-order valence-electron chi connectivity index (χ0n) is 11.9. The van der Waals surface area contributed by atoms with Gasteiger partial charge in [-0.2, -0.15) is 0 Å². The van der Waals surface area contributed by atoms with Crippen LogP contribution in [-0.4, -0.2) is 37.1 Å². The summed E-state index contributed by atoms with van der Waals surface area (Å²) >= 11 is 0. The van der Waals surface area contributed by atoms with Crippen LogP contribution >= 0.6 is 0 Å². The Labute approximate surface area is 136 Å². The number of carbonyl (C=O) groups excluding carboxylic acids is 2. The molecule has 0 heterocycles. The van der Waals surface area contributed by atoms with E-state index < -0.39 is 24.0 Å². The van der Waals surface area contributed by atoms with Gasteiger partial charge < -0.3 is 42.7 Å². The molecule has 0 fully saturated rings. The molecule has 21 heavy (non-hydrogen) atoms. The minimum Gasteiger partial charge on any atom is -0.670 e. The summed E-state index contributed by atoms with van der Waals surface area (Å²) in [6.45, 7) is 1.11. The predicted octanol–water partition coefficient (Wildman–Crippen LogP) is -1.43. The van der Waals surface area contributed by atoms with Crippen LogP contribution in [0.5, 0.6) is 0 Å². The fraction of sp³-hybridized carbons (Fsp3) is 0.833. The maximum absolute atomic E-state index is 9.96. The van der Waals surface area contributed by atoms with E-state index in [0.29, 0.717) is 38.8 Å². The summed E-state index contributed by atoms with van der Waals surface area (Å²) in [5, 5.41) is 19.9. The second-order valence-corrected chi connectivity index (χ2v) is 4.31. The first-order chi connectivity index (χ1) is 9.36. The zero-order valence-corrected chi connectivity index (χ0v) is 12.8. The number of hydrogen-bond donors (Lipinski definition) is 2. The van der Waals surface area contributed by atoms with Crippen molar-refractivity contribution < 1.29 is 36.9 Å². The molecule has 0 saturated heterocycles. The summed E-state index contributed by atoms with van der Waals surface area (Å²) in [5.41, 5.74) is 24.1. The van der Waals surface area contributed by atoms with Crippen LogP contribution in [0.1, 0.15) is 38.5 Å². The molecule has 0 aromatic heterocycles. The van der Waals surface area contributed by atoms with Gasteiger partial charge in [-0.3, -0.25) is 0 Å². The topological polar surface area (TPSA) is 180 Å². The van der Waals surface area contributed by atoms with Crippen molar-refractivity contribution in [3.05, 3.63) is 11.5 Å². The van der Waals surface area contributed by atoms with E-state index in [2.05, 4.69) is 0 Å². The molecule has 8 nitrogen and oxygen atoms in total. The number of carboxylic acids is 2. The zero-order chi connectivity index (χ0) is 16.0. The quantitative estimate of drug-likeness (QED) is 0.208. The summed E-state index contributed by atoms with van der Waals surface area (Å²) in [6, 6.07) is -2.15. The van der Waals surface area contributed by atoms with Crippen LogP contribution in [0.4, 0.5) is 0 Å². The number of nitrogens with one attached hydrogen (secondary N) is 2. The summed E-state index contributed by atoms with van der Waals surface area (Å²) in [4.78, 5) is 19.9. The molecule has 129 valence electrons. The molecule has 0 aromatic carbocycles. The predicted molar refractivity (Wildman–Crippen MR) is 72.0 cm³/mol. The second-order valence-electron chi connectivity index (χ2n) is 4.31. The van der Waals surface area contributed by atoms with Gasteiger partial charge in [0, 0.05) is 11.9 Å². The van der Waals surface area contributed by atoms with E-state index >= 15 is 0 Å². The normalized spacial score (nSPS) is 12.4. The van der Waals surface area contributed by atoms with Crippen molar-refractivity contribution in [2.24, 2.45) is 11.5 Å². The van der Waals surface area contributed by atoms with Gasteiger partial charge in [-0.15, -0.1) is 0 Å². The molecule has 6 N–H and O–H groups in total. The summed E-state index contributed by atoms with van der Waals surface area (Å²) < 4.78 is 0. The van der Waals surface area contributed by atoms with Gasteiger partial charge in [0.15, 0.2) is 0 Å². The third-order valence-corrected chi connectivity index (χ3v) is 2.46. The van der Waals surface area contributed by atoms with E-state index in [-0.39, 0.29) is 17.1 Å². The first-order valence-electron chi connectivity index (χ1n) is 6.60. The van der Waals surface area contributed by atoms with E-state index in [1.165, 1.54) is 0 Å². The Morgan fingerprint density at radius 3 is 1.29 bits per heavy atom. The number of carbonyl (C=O) groups is 2. The minimum atomic E-state index is -1.29. The van der Waals surface area contributed by atoms with Crippen molar-refractivity contribution in [1.29, 1.82) is 0 Å². The van der Waals surface area contributed by atoms with Crippen molar-refractivity contribution in [3.63, 3.8) is 0 Å². The molecule has 0 saturated carbocycles. The molecule has 0 aliphatic heterocycles. The van der Waals surface area contributed by atoms with Crippen molar-refractivity contribution in [2.45, 2.75) is 50.6 Å². The largest absolute Gasteiger partial charge is 2.00 e. The second kappa shape index (κ2) is 17.4. The van der Waals surface area contributed by atoms with Gasteiger partial charge >= 0.3 is 17.1 Å². The minimum absolute atomic E-state index is 0. The molecular formula is C12H24CuN4O4-2. The first kappa shape index (κ1) is 25.3. The Morgan fingerprint density at radius 1 is 0.810 bits per heavy atom. The number of carboxylic acid groups (broad SMARTS) is 2. The van der Waals surface area contributed by atoms with Crippen LogP contribution in [0, 0.1) is 0 Å². The van der Waals surface area contributed by atoms with E-state index in [9.17, 15) is 19.8 Å². The van der Waals surface area contributed by atoms with Gasteiger partial charge in [0.05, 0.1) is 0 Å². The van der Waals surface area contributed by atoms with E-state index in [0.717, 1.165) is 12.8 Å². The standard InChI is InChI=1S/2C6H13N2O2.Cu/c2*7-4-2-1-3-5(8)6(9)10;/h2*5,8H,1-4,7H2,(H,9,10);/q2*-1;+2/p-2/i1+1,2+1,3+1,4+1,5+1,7+1;1+1,2+1,3+1,4+1,7+1;. The third kappa shape index (κ3) is 19.3. The molecular weight excluding hydrogens is 339 g/mol. The number of unbranched alkanes of at least 4 members (excludes halogenated alkanes) is 2. The van der Waals surface area contributed by atoms with Gasteiger partial charge in [-0.05, 0) is 25.9 Å². The van der Waals surface area contributed by atoms with Gasteiger partial charge in [0.25, 0.3) is 0 Å². The monoisotopic (exact) mass is 362 g/mol. The molecule has 0 amide bonds. The van der Waals surface area contributed by atoms with Crippen molar-refractivity contribution in [3.8, 4) is 0 Å². The number of nitrogens with two attached hydrogens (primary N) is 2. The van der Waals surface area contributed by atoms with Crippen LogP contribution in [-0.2, 0) is 26.7 Å². The van der Waals surface area contributed by atoms with Crippen LogP contribution in [0.2, 0.25) is 0 Å². The van der Waals surface area contributed by atoms with Gasteiger partial charge in [-0.25, -0.2) is 0 Å². The summed E-state index contributed by atoms with van der Waals surface area (Å²) in [6.07, 6.45) is 3.64. The molecule has 0 aliphatic rings. The van der Waals surface area contributed by atoms with Crippen LogP contribution in [0.15, 0.2) is 0 Å². The van der Waals surface area contributed by atoms with Gasteiger partial charge in [0.1, 0.15) is 0 Å². The molecule has 0 aliphatic carbocycles. The molecule has 0 rings (SSSR count). The number of rotatable bonds is 10. The molecule has 1 radical (unpaired) electrons. The molecule has 0 aromatic rings. The molecule has 2 unspecified atom stereocenters. The SMILES string of the molecule is [Cu+2].[NH-]C([13CH2][13CH2][13CH2][13CH2][15NH2])C(=O)[O-].[NH-][13CH]([13CH2][13CH2][13CH2][13CH2][15NH2])C(=O)[O-]. The van der Waals surface area contributed by atoms with Crippen molar-refractivity contribution in [2.75, 3.05) is 13.1 Å². The van der Waals surface area contributed by atoms with Crippen molar-refractivity contribution in [1.82, 2.24) is 0 Å². The van der Waals surface area contributed by atoms with Crippen LogP contribution < -0.4 is 21.7 Å². The molecule has 0 spiro atoms. The van der Waals surface area contributed by atoms with E-state index in [4.69, 9.17) is 22.9 Å². The van der Waals surface area contributed by atoms with E-state index in [1.807, 2.05) is 0 Å². The Bertz CT molecular complexity index is 244. The van der Waals surface area contributed by atoms with Gasteiger partial charge in [0.2, 0.25) is 0 Å². The molecule has 0 bridgehead atoms. The first-order valence-corrected chi connectivity index (χ1v) is 6.60. The van der Waals surface area contributed by atoms with Crippen LogP contribution in [0.3, 0.4) is 0 Å². The maximum atomic E-state index is 9.96. The number of aliphatic carboxylic acids is 2. The smallest absolute Gasteiger partial charge is 0.670 e. The summed E-state index contributed by atoms with van der Waals surface area (Å²) in [5.74, 6) is -2.59. The Balaban J connectivity index is -0.000000295. The third-order valence-electron chi connectivity index (χ3n) is 2.46. The Kier molecular flexibility index (Phi) is 20.9. The van der Waals surface area contributed by atoms with E-state index in [1.54, 1.807) is 0 Å². The number of hydrogen-bond acceptors (Lipinski definition) is 6. The average Bonchev–Trinajstić information content (AvgIpc) is 2.39. The van der Waals surface area contributed by atoms with Gasteiger partial charge in [-0.1, -0.05) is 37.8 Å². The van der Waals surface area contributed by atoms with Crippen LogP contribution in [0.25, 0.3) is 11.5 Å². The molecule has 2 atom stereocenters. The fourth-order valence-electron chi connectivity index (χ4n) is 1.22. The van der Waals surface area contributed by atoms with Crippen molar-refractivity contribution >= 4 is 11.9 Å². The Hall–Kier alpha value is -0.701. The molecule has 9 heteroatoms. The fourth-order valence-corrected chi connectivity index (χ4v) is 1.22. The average molecular weight is 363 g/mol. The maximum Gasteiger partial charge on any atom is 2.00 e. The Morgan fingerprint density at radius 2 is 1.10 bits per heavy atom.